The molecular weight excluding hydrogens is 266 g/mol. The van der Waals surface area contributed by atoms with Gasteiger partial charge in [-0.05, 0) is 12.0 Å². The van der Waals surface area contributed by atoms with Gasteiger partial charge in [-0.15, -0.1) is 0 Å². The van der Waals surface area contributed by atoms with Gasteiger partial charge in [0.25, 0.3) is 0 Å². The van der Waals surface area contributed by atoms with Gasteiger partial charge in [0, 0.05) is 31.0 Å². The van der Waals surface area contributed by atoms with E-state index in [9.17, 15) is 9.59 Å². The van der Waals surface area contributed by atoms with Gasteiger partial charge in [-0.25, -0.2) is 4.79 Å². The molecule has 2 unspecified atom stereocenters. The lowest BCUT2D eigenvalue weighted by Gasteiger charge is -2.37. The van der Waals surface area contributed by atoms with E-state index in [1.54, 1.807) is 4.90 Å². The minimum absolute atomic E-state index is 0.0122. The number of carbonyl (C=O) groups is 2. The van der Waals surface area contributed by atoms with E-state index in [4.69, 9.17) is 5.73 Å². The highest BCUT2D eigenvalue weighted by Crippen LogP contribution is 2.27. The lowest BCUT2D eigenvalue weighted by atomic mass is 9.88. The number of nitrogens with two attached hydrogens (primary N) is 1. The monoisotopic (exact) mass is 289 g/mol. The predicted octanol–water partition coefficient (Wildman–Crippen LogP) is 1.70. The molecule has 21 heavy (non-hydrogen) atoms. The highest BCUT2D eigenvalue weighted by Gasteiger charge is 2.31. The quantitative estimate of drug-likeness (QED) is 0.888. The maximum atomic E-state index is 11.9. The summed E-state index contributed by atoms with van der Waals surface area (Å²) in [7, 11) is 0. The van der Waals surface area contributed by atoms with Crippen LogP contribution < -0.4 is 11.1 Å². The molecule has 0 aliphatic carbocycles. The number of nitrogens with one attached hydrogen (secondary N) is 1. The second kappa shape index (κ2) is 6.61. The third kappa shape index (κ3) is 3.97. The van der Waals surface area contributed by atoms with Crippen molar-refractivity contribution in [2.45, 2.75) is 32.2 Å². The van der Waals surface area contributed by atoms with Crippen LogP contribution in [-0.2, 0) is 4.79 Å². The fourth-order valence-corrected chi connectivity index (χ4v) is 2.72. The first-order chi connectivity index (χ1) is 9.97. The maximum Gasteiger partial charge on any atom is 0.314 e. The Morgan fingerprint density at radius 2 is 1.90 bits per heavy atom. The number of urea groups is 1. The summed E-state index contributed by atoms with van der Waals surface area (Å²) in [5.74, 6) is 0.146. The summed E-state index contributed by atoms with van der Waals surface area (Å²) in [6.07, 6.45) is 0.826. The summed E-state index contributed by atoms with van der Waals surface area (Å²) < 4.78 is 0. The molecular formula is C16H23N3O2. The molecule has 5 nitrogen and oxygen atoms in total. The zero-order valence-electron chi connectivity index (χ0n) is 12.6. The molecule has 0 spiro atoms. The predicted molar refractivity (Wildman–Crippen MR) is 81.7 cm³/mol. The Bertz CT molecular complexity index is 502. The van der Waals surface area contributed by atoms with Crippen molar-refractivity contribution in [2.24, 2.45) is 11.7 Å². The molecule has 1 fully saturated rings. The van der Waals surface area contributed by atoms with Gasteiger partial charge in [-0.3, -0.25) is 4.79 Å². The van der Waals surface area contributed by atoms with Crippen molar-refractivity contribution in [2.75, 3.05) is 13.1 Å². The van der Waals surface area contributed by atoms with Gasteiger partial charge in [0.15, 0.2) is 0 Å². The van der Waals surface area contributed by atoms with Crippen LogP contribution in [0, 0.1) is 5.92 Å². The van der Waals surface area contributed by atoms with E-state index < -0.39 is 6.03 Å². The highest BCUT2D eigenvalue weighted by atomic mass is 16.2. The molecule has 114 valence electrons. The molecule has 1 heterocycles. The minimum atomic E-state index is -0.431. The van der Waals surface area contributed by atoms with Crippen LogP contribution in [0.1, 0.15) is 31.7 Å². The first kappa shape index (κ1) is 15.4. The zero-order valence-corrected chi connectivity index (χ0v) is 12.6. The SMILES string of the molecule is CC(C)C(=O)NC1CC(c2ccccc2)CN(C(N)=O)C1. The van der Waals surface area contributed by atoms with Gasteiger partial charge >= 0.3 is 6.03 Å². The Labute approximate surface area is 125 Å². The molecule has 0 saturated carbocycles. The van der Waals surface area contributed by atoms with Crippen LogP contribution in [0.3, 0.4) is 0 Å². The molecule has 3 N–H and O–H groups in total. The molecule has 1 saturated heterocycles. The van der Waals surface area contributed by atoms with Crippen molar-refractivity contribution in [3.8, 4) is 0 Å². The van der Waals surface area contributed by atoms with Gasteiger partial charge < -0.3 is 16.0 Å². The molecule has 2 atom stereocenters. The van der Waals surface area contributed by atoms with E-state index in [2.05, 4.69) is 17.4 Å². The summed E-state index contributed by atoms with van der Waals surface area (Å²) >= 11 is 0. The van der Waals surface area contributed by atoms with Crippen molar-refractivity contribution < 1.29 is 9.59 Å². The normalized spacial score (nSPS) is 22.1. The van der Waals surface area contributed by atoms with Crippen LogP contribution in [0.4, 0.5) is 4.79 Å². The maximum absolute atomic E-state index is 11.9. The highest BCUT2D eigenvalue weighted by molar-refractivity contribution is 5.78. The van der Waals surface area contributed by atoms with Crippen LogP contribution in [0.15, 0.2) is 30.3 Å². The molecule has 1 aromatic rings. The Morgan fingerprint density at radius 1 is 1.24 bits per heavy atom. The third-order valence-electron chi connectivity index (χ3n) is 3.90. The van der Waals surface area contributed by atoms with Crippen molar-refractivity contribution >= 4 is 11.9 Å². The lowest BCUT2D eigenvalue weighted by molar-refractivity contribution is -0.125. The first-order valence-corrected chi connectivity index (χ1v) is 7.37. The first-order valence-electron chi connectivity index (χ1n) is 7.37. The summed E-state index contributed by atoms with van der Waals surface area (Å²) in [4.78, 5) is 25.0. The summed E-state index contributed by atoms with van der Waals surface area (Å²) in [5.41, 5.74) is 6.61. The molecule has 1 aliphatic rings. The van der Waals surface area contributed by atoms with E-state index in [1.165, 1.54) is 5.56 Å². The summed E-state index contributed by atoms with van der Waals surface area (Å²) in [6, 6.07) is 9.56. The minimum Gasteiger partial charge on any atom is -0.351 e. The van der Waals surface area contributed by atoms with Crippen LogP contribution in [-0.4, -0.2) is 36.0 Å². The van der Waals surface area contributed by atoms with Crippen LogP contribution in [0.2, 0.25) is 0 Å². The second-order valence-corrected chi connectivity index (χ2v) is 5.95. The Hall–Kier alpha value is -2.04. The number of hydrogen-bond donors (Lipinski definition) is 2. The number of rotatable bonds is 3. The second-order valence-electron chi connectivity index (χ2n) is 5.95. The van der Waals surface area contributed by atoms with Gasteiger partial charge in [0.2, 0.25) is 5.91 Å². The van der Waals surface area contributed by atoms with Crippen molar-refractivity contribution in [1.82, 2.24) is 10.2 Å². The van der Waals surface area contributed by atoms with E-state index in [-0.39, 0.29) is 23.8 Å². The number of piperidine rings is 1. The number of carbonyl (C=O) groups excluding carboxylic acids is 2. The van der Waals surface area contributed by atoms with Gasteiger partial charge in [0.05, 0.1) is 0 Å². The number of hydrogen-bond acceptors (Lipinski definition) is 2. The van der Waals surface area contributed by atoms with Gasteiger partial charge in [0.1, 0.15) is 0 Å². The van der Waals surface area contributed by atoms with Gasteiger partial charge in [-0.2, -0.15) is 0 Å². The Morgan fingerprint density at radius 3 is 2.48 bits per heavy atom. The smallest absolute Gasteiger partial charge is 0.314 e. The molecule has 1 aromatic carbocycles. The number of likely N-dealkylation sites (tertiary alicyclic amines) is 1. The van der Waals surface area contributed by atoms with Crippen molar-refractivity contribution in [3.05, 3.63) is 35.9 Å². The number of primary amides is 1. The van der Waals surface area contributed by atoms with Gasteiger partial charge in [-0.1, -0.05) is 44.2 Å². The number of nitrogens with zero attached hydrogens (tertiary/aromatic N) is 1. The van der Waals surface area contributed by atoms with E-state index in [1.807, 2.05) is 32.0 Å². The van der Waals surface area contributed by atoms with Crippen molar-refractivity contribution in [1.29, 1.82) is 0 Å². The number of benzene rings is 1. The summed E-state index contributed by atoms with van der Waals surface area (Å²) in [6.45, 7) is 4.81. The van der Waals surface area contributed by atoms with Crippen LogP contribution in [0.25, 0.3) is 0 Å². The standard InChI is InChI=1S/C16H23N3O2/c1-11(2)15(20)18-14-8-13(9-19(10-14)16(17)21)12-6-4-3-5-7-12/h3-7,11,13-14H,8-10H2,1-2H3,(H2,17,21)(H,18,20). The van der Waals surface area contributed by atoms with Crippen LogP contribution >= 0.6 is 0 Å². The molecule has 1 aliphatic heterocycles. The largest absolute Gasteiger partial charge is 0.351 e. The Kier molecular flexibility index (Phi) is 4.83. The van der Waals surface area contributed by atoms with E-state index in [0.717, 1.165) is 6.42 Å². The van der Waals surface area contributed by atoms with Crippen molar-refractivity contribution in [3.63, 3.8) is 0 Å². The average molecular weight is 289 g/mol. The fourth-order valence-electron chi connectivity index (χ4n) is 2.72. The molecule has 5 heteroatoms. The number of amides is 3. The molecule has 0 aromatic heterocycles. The average Bonchev–Trinajstić information content (AvgIpc) is 2.47. The molecule has 3 amide bonds. The summed E-state index contributed by atoms with van der Waals surface area (Å²) in [5, 5.41) is 3.01. The zero-order chi connectivity index (χ0) is 15.4. The van der Waals surface area contributed by atoms with E-state index in [0.29, 0.717) is 13.1 Å². The topological polar surface area (TPSA) is 75.4 Å². The van der Waals surface area contributed by atoms with E-state index >= 15 is 0 Å². The molecule has 0 radical (unpaired) electrons. The molecule has 2 rings (SSSR count). The Balaban J connectivity index is 2.12. The van der Waals surface area contributed by atoms with Crippen LogP contribution in [0.5, 0.6) is 0 Å². The third-order valence-corrected chi connectivity index (χ3v) is 3.90. The fraction of sp³-hybridized carbons (Fsp3) is 0.500. The molecule has 0 bridgehead atoms. The lowest BCUT2D eigenvalue weighted by Crippen LogP contribution is -2.53.